The quantitative estimate of drug-likeness (QED) is 0.757. The Bertz CT molecular complexity index is 571. The third-order valence-electron chi connectivity index (χ3n) is 4.21. The van der Waals surface area contributed by atoms with Crippen LogP contribution in [-0.2, 0) is 0 Å². The molecule has 1 aromatic rings. The zero-order valence-corrected chi connectivity index (χ0v) is 11.9. The molecule has 2 aliphatic rings. The summed E-state index contributed by atoms with van der Waals surface area (Å²) in [6.45, 7) is 1.25. The minimum atomic E-state index is -0.243. The Balaban J connectivity index is 1.69. The molecule has 1 aromatic heterocycles. The minimum Gasteiger partial charge on any atom is -0.393 e. The molecule has 2 heterocycles. The first-order valence-electron chi connectivity index (χ1n) is 6.86. The second-order valence-corrected chi connectivity index (χ2v) is 6.49. The third-order valence-corrected chi connectivity index (χ3v) is 5.20. The smallest absolute Gasteiger partial charge is 0.263 e. The molecule has 0 bridgehead atoms. The number of fused-ring (bicyclic) bond motifs is 1. The summed E-state index contributed by atoms with van der Waals surface area (Å²) in [5.74, 6) is 6.15. The number of nitrogens with zero attached hydrogens (tertiary/aromatic N) is 1. The molecule has 0 radical (unpaired) electrons. The van der Waals surface area contributed by atoms with Gasteiger partial charge in [0.1, 0.15) is 6.61 Å². The van der Waals surface area contributed by atoms with Crippen molar-refractivity contribution in [2.24, 2.45) is 11.8 Å². The Labute approximate surface area is 122 Å². The maximum absolute atomic E-state index is 12.4. The van der Waals surface area contributed by atoms with Gasteiger partial charge in [0.05, 0.1) is 15.9 Å². The number of carbonyl (C=O) groups is 1. The molecule has 1 amide bonds. The lowest BCUT2D eigenvalue weighted by atomic mass is 10.00. The van der Waals surface area contributed by atoms with Gasteiger partial charge in [-0.2, -0.15) is 0 Å². The van der Waals surface area contributed by atoms with Crippen LogP contribution in [0.15, 0.2) is 12.1 Å². The number of rotatable bonds is 1. The van der Waals surface area contributed by atoms with Crippen LogP contribution in [0, 0.1) is 23.7 Å². The summed E-state index contributed by atoms with van der Waals surface area (Å²) in [6, 6.07) is 3.60. The lowest BCUT2D eigenvalue weighted by Crippen LogP contribution is -2.30. The molecule has 3 unspecified atom stereocenters. The molecule has 1 saturated carbocycles. The summed E-state index contributed by atoms with van der Waals surface area (Å²) in [7, 11) is 0. The van der Waals surface area contributed by atoms with E-state index in [9.17, 15) is 9.90 Å². The lowest BCUT2D eigenvalue weighted by molar-refractivity contribution is 0.0757. The predicted octanol–water partition coefficient (Wildman–Crippen LogP) is 0.935. The van der Waals surface area contributed by atoms with E-state index in [0.717, 1.165) is 24.3 Å². The average molecular weight is 291 g/mol. The topological polar surface area (TPSA) is 60.8 Å². The van der Waals surface area contributed by atoms with Gasteiger partial charge in [0.2, 0.25) is 0 Å². The highest BCUT2D eigenvalue weighted by Gasteiger charge is 2.43. The van der Waals surface area contributed by atoms with Gasteiger partial charge in [0.15, 0.2) is 0 Å². The van der Waals surface area contributed by atoms with E-state index in [4.69, 9.17) is 5.11 Å². The molecular weight excluding hydrogens is 274 g/mol. The van der Waals surface area contributed by atoms with Crippen molar-refractivity contribution < 1.29 is 15.0 Å². The van der Waals surface area contributed by atoms with Crippen LogP contribution in [0.2, 0.25) is 0 Å². The SMILES string of the molecule is O=C(c1ccc(C#CCO)s1)N1CC2CCC(O)C2C1. The van der Waals surface area contributed by atoms with Crippen LogP contribution in [0.4, 0.5) is 0 Å². The molecule has 0 spiro atoms. The lowest BCUT2D eigenvalue weighted by Gasteiger charge is -2.17. The van der Waals surface area contributed by atoms with Gasteiger partial charge in [-0.3, -0.25) is 4.79 Å². The van der Waals surface area contributed by atoms with Crippen molar-refractivity contribution in [1.29, 1.82) is 0 Å². The zero-order chi connectivity index (χ0) is 14.1. The van der Waals surface area contributed by atoms with E-state index in [-0.39, 0.29) is 24.5 Å². The summed E-state index contributed by atoms with van der Waals surface area (Å²) in [5.41, 5.74) is 0. The zero-order valence-electron chi connectivity index (χ0n) is 11.1. The second kappa shape index (κ2) is 5.57. The first kappa shape index (κ1) is 13.6. The summed E-state index contributed by atoms with van der Waals surface area (Å²) in [6.07, 6.45) is 1.65. The number of aliphatic hydroxyl groups excluding tert-OH is 2. The molecule has 106 valence electrons. The third kappa shape index (κ3) is 2.47. The van der Waals surface area contributed by atoms with Crippen LogP contribution in [0.5, 0.6) is 0 Å². The van der Waals surface area contributed by atoms with Crippen LogP contribution < -0.4 is 0 Å². The standard InChI is InChI=1S/C15H17NO3S/c17-7-1-2-11-4-6-14(20-11)15(19)16-8-10-3-5-13(18)12(10)9-16/h4,6,10,12-13,17-18H,3,5,7-9H2. The molecule has 20 heavy (non-hydrogen) atoms. The van der Waals surface area contributed by atoms with Gasteiger partial charge in [0.25, 0.3) is 5.91 Å². The van der Waals surface area contributed by atoms with Gasteiger partial charge in [-0.15, -0.1) is 11.3 Å². The average Bonchev–Trinajstić information content (AvgIpc) is 3.13. The minimum absolute atomic E-state index is 0.0358. The Kier molecular flexibility index (Phi) is 3.79. The van der Waals surface area contributed by atoms with Crippen LogP contribution >= 0.6 is 11.3 Å². The fourth-order valence-corrected chi connectivity index (χ4v) is 4.05. The maximum Gasteiger partial charge on any atom is 0.263 e. The van der Waals surface area contributed by atoms with Crippen molar-refractivity contribution in [2.45, 2.75) is 18.9 Å². The van der Waals surface area contributed by atoms with E-state index < -0.39 is 0 Å². The van der Waals surface area contributed by atoms with E-state index in [2.05, 4.69) is 11.8 Å². The Morgan fingerprint density at radius 2 is 2.25 bits per heavy atom. The number of thiophene rings is 1. The van der Waals surface area contributed by atoms with Crippen LogP contribution in [0.3, 0.4) is 0 Å². The van der Waals surface area contributed by atoms with Gasteiger partial charge in [-0.05, 0) is 30.9 Å². The number of likely N-dealkylation sites (tertiary alicyclic amines) is 1. The summed E-state index contributed by atoms with van der Waals surface area (Å²) in [4.78, 5) is 15.8. The Hall–Kier alpha value is -1.35. The Morgan fingerprint density at radius 1 is 1.40 bits per heavy atom. The van der Waals surface area contributed by atoms with Gasteiger partial charge < -0.3 is 15.1 Å². The summed E-state index contributed by atoms with van der Waals surface area (Å²) < 4.78 is 0. The maximum atomic E-state index is 12.4. The molecule has 1 saturated heterocycles. The molecule has 1 aliphatic heterocycles. The van der Waals surface area contributed by atoms with Gasteiger partial charge in [-0.25, -0.2) is 0 Å². The van der Waals surface area contributed by atoms with E-state index in [1.54, 1.807) is 6.07 Å². The van der Waals surface area contributed by atoms with Crippen LogP contribution in [0.25, 0.3) is 0 Å². The number of aliphatic hydroxyl groups is 2. The number of amides is 1. The monoisotopic (exact) mass is 291 g/mol. The molecule has 0 aromatic carbocycles. The highest BCUT2D eigenvalue weighted by molar-refractivity contribution is 7.14. The van der Waals surface area contributed by atoms with E-state index in [1.165, 1.54) is 11.3 Å². The van der Waals surface area contributed by atoms with Crippen molar-refractivity contribution in [3.05, 3.63) is 21.9 Å². The van der Waals surface area contributed by atoms with Crippen molar-refractivity contribution in [3.8, 4) is 11.8 Å². The van der Waals surface area contributed by atoms with E-state index in [1.807, 2.05) is 11.0 Å². The van der Waals surface area contributed by atoms with Gasteiger partial charge >= 0.3 is 0 Å². The van der Waals surface area contributed by atoms with E-state index >= 15 is 0 Å². The fraction of sp³-hybridized carbons (Fsp3) is 0.533. The normalized spacial score (nSPS) is 28.1. The molecule has 4 nitrogen and oxygen atoms in total. The van der Waals surface area contributed by atoms with Crippen molar-refractivity contribution in [2.75, 3.05) is 19.7 Å². The van der Waals surface area contributed by atoms with Crippen molar-refractivity contribution >= 4 is 17.2 Å². The molecule has 3 atom stereocenters. The van der Waals surface area contributed by atoms with Crippen molar-refractivity contribution in [3.63, 3.8) is 0 Å². The Morgan fingerprint density at radius 3 is 3.00 bits per heavy atom. The van der Waals surface area contributed by atoms with E-state index in [0.29, 0.717) is 17.3 Å². The molecule has 3 rings (SSSR count). The van der Waals surface area contributed by atoms with Gasteiger partial charge in [-0.1, -0.05) is 11.8 Å². The second-order valence-electron chi connectivity index (χ2n) is 5.40. The highest BCUT2D eigenvalue weighted by atomic mass is 32.1. The number of carbonyl (C=O) groups excluding carboxylic acids is 1. The molecule has 2 N–H and O–H groups in total. The van der Waals surface area contributed by atoms with Crippen molar-refractivity contribution in [1.82, 2.24) is 4.90 Å². The molecular formula is C15H17NO3S. The number of hydrogen-bond acceptors (Lipinski definition) is 4. The largest absolute Gasteiger partial charge is 0.393 e. The molecule has 2 fully saturated rings. The van der Waals surface area contributed by atoms with Gasteiger partial charge in [0, 0.05) is 19.0 Å². The predicted molar refractivity (Wildman–Crippen MR) is 76.4 cm³/mol. The van der Waals surface area contributed by atoms with Crippen LogP contribution in [-0.4, -0.2) is 46.8 Å². The summed E-state index contributed by atoms with van der Waals surface area (Å²) >= 11 is 1.36. The number of hydrogen-bond donors (Lipinski definition) is 2. The van der Waals surface area contributed by atoms with Crippen LogP contribution in [0.1, 0.15) is 27.4 Å². The first-order valence-corrected chi connectivity index (χ1v) is 7.67. The summed E-state index contributed by atoms with van der Waals surface area (Å²) in [5, 5.41) is 18.6. The highest BCUT2D eigenvalue weighted by Crippen LogP contribution is 2.38. The fourth-order valence-electron chi connectivity index (χ4n) is 3.20. The first-order chi connectivity index (χ1) is 9.69. The molecule has 1 aliphatic carbocycles. The molecule has 5 heteroatoms.